The van der Waals surface area contributed by atoms with Crippen molar-refractivity contribution in [3.8, 4) is 0 Å². The van der Waals surface area contributed by atoms with Crippen LogP contribution >= 0.6 is 0 Å². The zero-order chi connectivity index (χ0) is 20.4. The normalized spacial score (nSPS) is 15.5. The van der Waals surface area contributed by atoms with Crippen molar-refractivity contribution in [2.24, 2.45) is 0 Å². The quantitative estimate of drug-likeness (QED) is 0.612. The van der Waals surface area contributed by atoms with Crippen molar-refractivity contribution >= 4 is 28.5 Å². The molecule has 152 valence electrons. The zero-order valence-electron chi connectivity index (χ0n) is 16.7. The first-order valence-electron chi connectivity index (χ1n) is 9.89. The topological polar surface area (TPSA) is 97.1 Å². The van der Waals surface area contributed by atoms with Gasteiger partial charge in [0.25, 0.3) is 0 Å². The van der Waals surface area contributed by atoms with Crippen LogP contribution < -0.4 is 10.2 Å². The lowest BCUT2D eigenvalue weighted by atomic mass is 10.0. The van der Waals surface area contributed by atoms with Crippen molar-refractivity contribution in [2.45, 2.75) is 26.3 Å². The standard InChI is InChI=1S/C21H26N6O2/c1-14-11-20(25-24-14)26-7-9-27(10-8-26)21(29)19(23-15(2)28)12-16-13-22-18-6-4-3-5-17(16)18/h3-6,11,13,19,22H,7-10,12H2,1-2H3,(H,23,28)(H,24,25). The Labute approximate surface area is 169 Å². The van der Waals surface area contributed by atoms with Crippen LogP contribution in [-0.2, 0) is 16.0 Å². The summed E-state index contributed by atoms with van der Waals surface area (Å²) in [6.45, 7) is 6.07. The smallest absolute Gasteiger partial charge is 0.245 e. The highest BCUT2D eigenvalue weighted by molar-refractivity contribution is 5.89. The predicted octanol–water partition coefficient (Wildman–Crippen LogP) is 1.60. The van der Waals surface area contributed by atoms with E-state index in [4.69, 9.17) is 0 Å². The van der Waals surface area contributed by atoms with E-state index in [9.17, 15) is 9.59 Å². The van der Waals surface area contributed by atoms with E-state index in [-0.39, 0.29) is 11.8 Å². The van der Waals surface area contributed by atoms with Crippen LogP contribution in [0.25, 0.3) is 10.9 Å². The number of hydrogen-bond donors (Lipinski definition) is 3. The first kappa shape index (κ1) is 19.0. The number of benzene rings is 1. The Balaban J connectivity index is 1.45. The molecule has 3 heterocycles. The van der Waals surface area contributed by atoms with Gasteiger partial charge in [0.05, 0.1) is 0 Å². The molecular weight excluding hydrogens is 368 g/mol. The number of carbonyl (C=O) groups excluding carboxylic acids is 2. The van der Waals surface area contributed by atoms with Gasteiger partial charge in [-0.3, -0.25) is 14.7 Å². The number of hydrogen-bond acceptors (Lipinski definition) is 4. The van der Waals surface area contributed by atoms with E-state index >= 15 is 0 Å². The summed E-state index contributed by atoms with van der Waals surface area (Å²) in [5.41, 5.74) is 3.07. The van der Waals surface area contributed by atoms with Crippen LogP contribution in [0.5, 0.6) is 0 Å². The molecule has 1 fully saturated rings. The molecule has 1 aliphatic rings. The molecular formula is C21H26N6O2. The molecule has 2 amide bonds. The van der Waals surface area contributed by atoms with Crippen molar-refractivity contribution in [1.82, 2.24) is 25.4 Å². The maximum absolute atomic E-state index is 13.2. The number of piperazine rings is 1. The Bertz CT molecular complexity index is 1020. The summed E-state index contributed by atoms with van der Waals surface area (Å²) in [6, 6.07) is 9.41. The van der Waals surface area contributed by atoms with E-state index in [1.54, 1.807) is 0 Å². The fourth-order valence-electron chi connectivity index (χ4n) is 3.91. The highest BCUT2D eigenvalue weighted by Gasteiger charge is 2.29. The predicted molar refractivity (Wildman–Crippen MR) is 112 cm³/mol. The second-order valence-electron chi connectivity index (χ2n) is 7.54. The van der Waals surface area contributed by atoms with E-state index in [2.05, 4.69) is 25.4 Å². The van der Waals surface area contributed by atoms with Crippen LogP contribution in [0.3, 0.4) is 0 Å². The van der Waals surface area contributed by atoms with E-state index in [1.165, 1.54) is 6.92 Å². The van der Waals surface area contributed by atoms with Gasteiger partial charge in [0, 0.05) is 68.4 Å². The van der Waals surface area contributed by atoms with Gasteiger partial charge in [-0.25, -0.2) is 0 Å². The number of carbonyl (C=O) groups is 2. The molecule has 8 nitrogen and oxygen atoms in total. The number of nitrogens with zero attached hydrogens (tertiary/aromatic N) is 3. The Hall–Kier alpha value is -3.29. The molecule has 8 heteroatoms. The van der Waals surface area contributed by atoms with Crippen LogP contribution in [0.15, 0.2) is 36.5 Å². The van der Waals surface area contributed by atoms with E-state index in [0.29, 0.717) is 19.5 Å². The van der Waals surface area contributed by atoms with Crippen LogP contribution in [0, 0.1) is 6.92 Å². The largest absolute Gasteiger partial charge is 0.361 e. The van der Waals surface area contributed by atoms with Gasteiger partial charge in [0.2, 0.25) is 11.8 Å². The Morgan fingerprint density at radius 3 is 2.66 bits per heavy atom. The number of H-pyrrole nitrogens is 2. The maximum atomic E-state index is 13.2. The SMILES string of the molecule is CC(=O)NC(Cc1c[nH]c2ccccc12)C(=O)N1CCN(c2cc(C)[nH]n2)CC1. The summed E-state index contributed by atoms with van der Waals surface area (Å²) in [5, 5.41) is 11.2. The number of anilines is 1. The lowest BCUT2D eigenvalue weighted by Gasteiger charge is -2.36. The number of nitrogens with one attached hydrogen (secondary N) is 3. The molecule has 4 rings (SSSR count). The van der Waals surface area contributed by atoms with Gasteiger partial charge in [-0.05, 0) is 18.6 Å². The molecule has 0 radical (unpaired) electrons. The summed E-state index contributed by atoms with van der Waals surface area (Å²) in [6.07, 6.45) is 2.38. The average Bonchev–Trinajstić information content (AvgIpc) is 3.33. The van der Waals surface area contributed by atoms with Crippen molar-refractivity contribution in [1.29, 1.82) is 0 Å². The molecule has 0 spiro atoms. The van der Waals surface area contributed by atoms with Crippen molar-refractivity contribution in [2.75, 3.05) is 31.1 Å². The number of aryl methyl sites for hydroxylation is 1. The Morgan fingerprint density at radius 2 is 1.97 bits per heavy atom. The Kier molecular flexibility index (Phi) is 5.24. The van der Waals surface area contributed by atoms with Crippen molar-refractivity contribution < 1.29 is 9.59 Å². The molecule has 0 saturated carbocycles. The average molecular weight is 394 g/mol. The third kappa shape index (κ3) is 4.11. The zero-order valence-corrected chi connectivity index (χ0v) is 16.7. The number of aromatic nitrogens is 3. The highest BCUT2D eigenvalue weighted by Crippen LogP contribution is 2.20. The molecule has 1 aromatic carbocycles. The molecule has 0 bridgehead atoms. The fraction of sp³-hybridized carbons (Fsp3) is 0.381. The third-order valence-electron chi connectivity index (χ3n) is 5.38. The van der Waals surface area contributed by atoms with Gasteiger partial charge in [0.1, 0.15) is 6.04 Å². The summed E-state index contributed by atoms with van der Waals surface area (Å²) >= 11 is 0. The first-order valence-corrected chi connectivity index (χ1v) is 9.89. The van der Waals surface area contributed by atoms with Crippen LogP contribution in [0.2, 0.25) is 0 Å². The van der Waals surface area contributed by atoms with Gasteiger partial charge < -0.3 is 20.1 Å². The van der Waals surface area contributed by atoms with Crippen molar-refractivity contribution in [3.05, 3.63) is 47.8 Å². The van der Waals surface area contributed by atoms with Crippen molar-refractivity contribution in [3.63, 3.8) is 0 Å². The summed E-state index contributed by atoms with van der Waals surface area (Å²) in [4.78, 5) is 32.2. The number of fused-ring (bicyclic) bond motifs is 1. The first-order chi connectivity index (χ1) is 14.0. The molecule has 1 saturated heterocycles. The number of para-hydroxylation sites is 1. The van der Waals surface area contributed by atoms with E-state index < -0.39 is 6.04 Å². The lowest BCUT2D eigenvalue weighted by molar-refractivity contribution is -0.136. The molecule has 3 aromatic rings. The van der Waals surface area contributed by atoms with Crippen LogP contribution in [-0.4, -0.2) is 64.1 Å². The highest BCUT2D eigenvalue weighted by atomic mass is 16.2. The number of rotatable bonds is 5. The minimum Gasteiger partial charge on any atom is -0.361 e. The summed E-state index contributed by atoms with van der Waals surface area (Å²) in [7, 11) is 0. The van der Waals surface area contributed by atoms with Gasteiger partial charge in [-0.1, -0.05) is 18.2 Å². The molecule has 1 aliphatic heterocycles. The van der Waals surface area contributed by atoms with Gasteiger partial charge >= 0.3 is 0 Å². The van der Waals surface area contributed by atoms with Gasteiger partial charge in [-0.2, -0.15) is 5.10 Å². The van der Waals surface area contributed by atoms with Gasteiger partial charge in [-0.15, -0.1) is 0 Å². The summed E-state index contributed by atoms with van der Waals surface area (Å²) < 4.78 is 0. The second-order valence-corrected chi connectivity index (χ2v) is 7.54. The number of aromatic amines is 2. The minimum absolute atomic E-state index is 0.0386. The van der Waals surface area contributed by atoms with E-state index in [1.807, 2.05) is 48.4 Å². The van der Waals surface area contributed by atoms with Crippen LogP contribution in [0.4, 0.5) is 5.82 Å². The maximum Gasteiger partial charge on any atom is 0.245 e. The molecule has 29 heavy (non-hydrogen) atoms. The second kappa shape index (κ2) is 7.98. The molecule has 2 aromatic heterocycles. The number of amides is 2. The monoisotopic (exact) mass is 394 g/mol. The molecule has 3 N–H and O–H groups in total. The fourth-order valence-corrected chi connectivity index (χ4v) is 3.91. The summed E-state index contributed by atoms with van der Waals surface area (Å²) in [5.74, 6) is 0.670. The molecule has 1 unspecified atom stereocenters. The van der Waals surface area contributed by atoms with Crippen LogP contribution in [0.1, 0.15) is 18.2 Å². The molecule has 1 atom stereocenters. The van der Waals surface area contributed by atoms with E-state index in [0.717, 1.165) is 41.1 Å². The van der Waals surface area contributed by atoms with Gasteiger partial charge in [0.15, 0.2) is 5.82 Å². The third-order valence-corrected chi connectivity index (χ3v) is 5.38. The Morgan fingerprint density at radius 1 is 1.21 bits per heavy atom. The molecule has 0 aliphatic carbocycles. The lowest BCUT2D eigenvalue weighted by Crippen LogP contribution is -2.55. The minimum atomic E-state index is -0.578.